The Hall–Kier alpha value is -3.35. The first-order valence-electron chi connectivity index (χ1n) is 10.8. The Morgan fingerprint density at radius 2 is 2.06 bits per heavy atom. The third-order valence-corrected chi connectivity index (χ3v) is 6.23. The number of aromatic nitrogens is 3. The molecule has 3 heterocycles. The molecule has 0 saturated carbocycles. The fraction of sp³-hybridized carbons (Fsp3) is 0.364. The van der Waals surface area contributed by atoms with Crippen molar-refractivity contribution in [3.05, 3.63) is 47.0 Å². The Morgan fingerprint density at radius 3 is 2.79 bits per heavy atom. The van der Waals surface area contributed by atoms with E-state index < -0.39 is 11.7 Å². The lowest BCUT2D eigenvalue weighted by atomic mass is 10.2. The van der Waals surface area contributed by atoms with Crippen LogP contribution in [-0.2, 0) is 0 Å². The fourth-order valence-electron chi connectivity index (χ4n) is 3.67. The minimum absolute atomic E-state index is 0.0279. The second-order valence-electron chi connectivity index (χ2n) is 7.64. The molecule has 1 fully saturated rings. The molecule has 1 saturated heterocycles. The van der Waals surface area contributed by atoms with Gasteiger partial charge < -0.3 is 25.4 Å². The molecule has 3 N–H and O–H groups in total. The summed E-state index contributed by atoms with van der Waals surface area (Å²) in [6, 6.07) is 6.17. The van der Waals surface area contributed by atoms with Gasteiger partial charge in [-0.05, 0) is 19.1 Å². The van der Waals surface area contributed by atoms with Crippen molar-refractivity contribution in [1.29, 1.82) is 0 Å². The highest BCUT2D eigenvalue weighted by molar-refractivity contribution is 7.17. The van der Waals surface area contributed by atoms with Gasteiger partial charge in [-0.15, -0.1) is 0 Å². The first kappa shape index (κ1) is 23.8. The molecule has 1 aliphatic rings. The molecule has 34 heavy (non-hydrogen) atoms. The van der Waals surface area contributed by atoms with Crippen LogP contribution >= 0.6 is 11.3 Å². The van der Waals surface area contributed by atoms with Crippen molar-refractivity contribution < 1.29 is 19.0 Å². The maximum Gasteiger partial charge on any atom is 0.267 e. The Morgan fingerprint density at radius 1 is 1.26 bits per heavy atom. The van der Waals surface area contributed by atoms with Gasteiger partial charge in [-0.3, -0.25) is 9.69 Å². The number of para-hydroxylation sites is 1. The minimum atomic E-state index is -0.559. The van der Waals surface area contributed by atoms with Gasteiger partial charge in [-0.1, -0.05) is 17.4 Å². The molecule has 0 atom stereocenters. The van der Waals surface area contributed by atoms with Gasteiger partial charge in [-0.2, -0.15) is 0 Å². The number of methoxy groups -OCH3 is 1. The maximum atomic E-state index is 13.9. The number of nitrogens with zero attached hydrogens (tertiary/aromatic N) is 5. The molecule has 0 unspecified atom stereocenters. The number of carbonyl (C=O) groups excluding carboxylic acids is 1. The quantitative estimate of drug-likeness (QED) is 0.441. The van der Waals surface area contributed by atoms with Crippen molar-refractivity contribution in [2.24, 2.45) is 0 Å². The lowest BCUT2D eigenvalue weighted by Gasteiger charge is -2.35. The lowest BCUT2D eigenvalue weighted by Crippen LogP contribution is -2.47. The van der Waals surface area contributed by atoms with Crippen LogP contribution in [0.5, 0.6) is 5.75 Å². The van der Waals surface area contributed by atoms with Crippen LogP contribution in [-0.4, -0.2) is 77.3 Å². The van der Waals surface area contributed by atoms with Crippen LogP contribution in [0.1, 0.15) is 15.5 Å². The number of hydrogen-bond donors (Lipinski definition) is 3. The topological polar surface area (TPSA) is 116 Å². The summed E-state index contributed by atoms with van der Waals surface area (Å²) in [5.74, 6) is 0.997. The number of aryl methyl sites for hydroxylation is 1. The zero-order chi connectivity index (χ0) is 24.1. The molecule has 1 aromatic carbocycles. The van der Waals surface area contributed by atoms with Crippen LogP contribution in [0.3, 0.4) is 0 Å². The first-order chi connectivity index (χ1) is 16.5. The average Bonchev–Trinajstić information content (AvgIpc) is 3.28. The monoisotopic (exact) mass is 487 g/mol. The summed E-state index contributed by atoms with van der Waals surface area (Å²) in [4.78, 5) is 30.7. The number of benzene rings is 1. The summed E-state index contributed by atoms with van der Waals surface area (Å²) >= 11 is 1.15. The van der Waals surface area contributed by atoms with E-state index in [0.717, 1.165) is 43.3 Å². The standard InChI is InChI=1S/C22H26FN7O3S/c1-14-25-18(12-19(26-14)30-8-6-29(7-9-30)10-11-31)28-22-24-13-17(34-22)21(32)27-16-5-3-4-15(23)20(16)33-2/h3-5,12-13,31H,6-11H2,1-2H3,(H,27,32)(H,24,25,26,28). The number of aliphatic hydroxyl groups excluding tert-OH is 1. The zero-order valence-corrected chi connectivity index (χ0v) is 19.7. The molecule has 1 aliphatic heterocycles. The number of rotatable bonds is 8. The molecular formula is C22H26FN7O3S. The van der Waals surface area contributed by atoms with Crippen molar-refractivity contribution >= 4 is 39.7 Å². The predicted molar refractivity (Wildman–Crippen MR) is 129 cm³/mol. The number of halogens is 1. The van der Waals surface area contributed by atoms with Crippen molar-refractivity contribution in [2.75, 3.05) is 62.0 Å². The van der Waals surface area contributed by atoms with Gasteiger partial charge in [0.2, 0.25) is 0 Å². The van der Waals surface area contributed by atoms with E-state index in [0.29, 0.717) is 28.2 Å². The van der Waals surface area contributed by atoms with E-state index in [-0.39, 0.29) is 18.0 Å². The summed E-state index contributed by atoms with van der Waals surface area (Å²) < 4.78 is 18.9. The highest BCUT2D eigenvalue weighted by atomic mass is 32.1. The number of hydrogen-bond acceptors (Lipinski definition) is 10. The van der Waals surface area contributed by atoms with E-state index in [2.05, 4.69) is 35.4 Å². The van der Waals surface area contributed by atoms with Crippen LogP contribution in [0, 0.1) is 12.7 Å². The van der Waals surface area contributed by atoms with Crippen LogP contribution in [0.25, 0.3) is 0 Å². The van der Waals surface area contributed by atoms with Gasteiger partial charge in [0.15, 0.2) is 16.7 Å². The highest BCUT2D eigenvalue weighted by Crippen LogP contribution is 2.29. The van der Waals surface area contributed by atoms with Crippen molar-refractivity contribution in [2.45, 2.75) is 6.92 Å². The molecule has 3 aromatic rings. The summed E-state index contributed by atoms with van der Waals surface area (Å²) in [7, 11) is 1.34. The van der Waals surface area contributed by atoms with E-state index in [1.807, 2.05) is 13.0 Å². The Labute approximate surface area is 200 Å². The number of nitrogens with one attached hydrogen (secondary N) is 2. The average molecular weight is 488 g/mol. The second kappa shape index (κ2) is 10.7. The molecule has 2 aromatic heterocycles. The van der Waals surface area contributed by atoms with E-state index in [1.54, 1.807) is 6.07 Å². The zero-order valence-electron chi connectivity index (χ0n) is 18.9. The van der Waals surface area contributed by atoms with E-state index in [4.69, 9.17) is 9.84 Å². The van der Waals surface area contributed by atoms with Crippen molar-refractivity contribution in [3.63, 3.8) is 0 Å². The molecule has 0 spiro atoms. The number of thiazole rings is 1. The molecule has 4 rings (SSSR count). The van der Waals surface area contributed by atoms with Crippen LogP contribution in [0.4, 0.5) is 26.8 Å². The third-order valence-electron chi connectivity index (χ3n) is 5.32. The predicted octanol–water partition coefficient (Wildman–Crippen LogP) is 2.50. The normalized spacial score (nSPS) is 14.2. The SMILES string of the molecule is COc1c(F)cccc1NC(=O)c1cnc(Nc2cc(N3CCN(CCO)CC3)nc(C)n2)s1. The van der Waals surface area contributed by atoms with Gasteiger partial charge in [0.1, 0.15) is 22.3 Å². The number of β-amino-alcohol motifs (C(OH)–C–C–N with tert-alkyl or cyclic N) is 1. The number of amides is 1. The number of ether oxygens (including phenoxy) is 1. The molecule has 1 amide bonds. The molecule has 0 aliphatic carbocycles. The number of aliphatic hydroxyl groups is 1. The molecule has 12 heteroatoms. The Kier molecular flexibility index (Phi) is 7.50. The van der Waals surface area contributed by atoms with Gasteiger partial charge in [0, 0.05) is 38.8 Å². The van der Waals surface area contributed by atoms with Crippen LogP contribution < -0.4 is 20.3 Å². The number of anilines is 4. The summed E-state index contributed by atoms with van der Waals surface area (Å²) in [6.45, 7) is 5.98. The largest absolute Gasteiger partial charge is 0.492 e. The number of piperazine rings is 1. The second-order valence-corrected chi connectivity index (χ2v) is 8.67. The summed E-state index contributed by atoms with van der Waals surface area (Å²) in [5, 5.41) is 15.4. The van der Waals surface area contributed by atoms with Gasteiger partial charge in [-0.25, -0.2) is 19.3 Å². The fourth-order valence-corrected chi connectivity index (χ4v) is 4.38. The minimum Gasteiger partial charge on any atom is -0.492 e. The molecular weight excluding hydrogens is 461 g/mol. The molecule has 0 bridgehead atoms. The van der Waals surface area contributed by atoms with E-state index in [9.17, 15) is 9.18 Å². The summed E-state index contributed by atoms with van der Waals surface area (Å²) in [6.07, 6.45) is 1.45. The van der Waals surface area contributed by atoms with Gasteiger partial charge in [0.05, 0.1) is 25.6 Å². The molecule has 0 radical (unpaired) electrons. The maximum absolute atomic E-state index is 13.9. The highest BCUT2D eigenvalue weighted by Gasteiger charge is 2.19. The summed E-state index contributed by atoms with van der Waals surface area (Å²) in [5.41, 5.74) is 0.241. The smallest absolute Gasteiger partial charge is 0.267 e. The Balaban J connectivity index is 1.43. The van der Waals surface area contributed by atoms with Crippen molar-refractivity contribution in [3.8, 4) is 5.75 Å². The Bertz CT molecular complexity index is 1150. The van der Waals surface area contributed by atoms with E-state index in [1.165, 1.54) is 25.4 Å². The van der Waals surface area contributed by atoms with Crippen LogP contribution in [0.2, 0.25) is 0 Å². The van der Waals surface area contributed by atoms with E-state index >= 15 is 0 Å². The lowest BCUT2D eigenvalue weighted by molar-refractivity contribution is 0.103. The molecule has 10 nitrogen and oxygen atoms in total. The van der Waals surface area contributed by atoms with Gasteiger partial charge >= 0.3 is 0 Å². The van der Waals surface area contributed by atoms with Crippen molar-refractivity contribution in [1.82, 2.24) is 19.9 Å². The van der Waals surface area contributed by atoms with Gasteiger partial charge in [0.25, 0.3) is 5.91 Å². The molecule has 180 valence electrons. The first-order valence-corrected chi connectivity index (χ1v) is 11.6. The third kappa shape index (κ3) is 5.58. The van der Waals surface area contributed by atoms with Crippen LogP contribution in [0.15, 0.2) is 30.5 Å². The number of carbonyl (C=O) groups is 1.